The Kier molecular flexibility index (Phi) is 6.25. The van der Waals surface area contributed by atoms with E-state index in [9.17, 15) is 26.4 Å². The summed E-state index contributed by atoms with van der Waals surface area (Å²) in [5, 5.41) is 8.84. The number of anilines is 2. The van der Waals surface area contributed by atoms with Crippen molar-refractivity contribution >= 4 is 38.7 Å². The molecule has 0 bridgehead atoms. The average Bonchev–Trinajstić information content (AvgIpc) is 3.26. The molecular formula is C23H22F3N5O3S2. The van der Waals surface area contributed by atoms with Gasteiger partial charge in [0.15, 0.2) is 9.84 Å². The van der Waals surface area contributed by atoms with Gasteiger partial charge in [-0.25, -0.2) is 18.4 Å². The lowest BCUT2D eigenvalue weighted by Gasteiger charge is -2.21. The molecule has 13 heteroatoms. The molecule has 0 fully saturated rings. The van der Waals surface area contributed by atoms with E-state index in [-0.39, 0.29) is 32.9 Å². The predicted molar refractivity (Wildman–Crippen MR) is 129 cm³/mol. The van der Waals surface area contributed by atoms with Crippen LogP contribution in [0.15, 0.2) is 29.3 Å². The van der Waals surface area contributed by atoms with E-state index in [1.807, 2.05) is 13.0 Å². The number of halogens is 3. The van der Waals surface area contributed by atoms with Crippen molar-refractivity contribution in [3.63, 3.8) is 0 Å². The molecule has 0 aliphatic carbocycles. The first-order valence-corrected chi connectivity index (χ1v) is 13.8. The first-order chi connectivity index (χ1) is 17.1. The second-order valence-corrected chi connectivity index (χ2v) is 11.6. The number of rotatable bonds is 4. The van der Waals surface area contributed by atoms with E-state index in [1.165, 1.54) is 5.56 Å². The molecule has 0 saturated heterocycles. The highest BCUT2D eigenvalue weighted by Crippen LogP contribution is 2.41. The SMILES string of the molecule is CCc1cc2c(cc1Nc1ncc(C(F)(F)F)c(-c3cc4c(s3)C(=O)NCCS4(=O)=O)n1)CCNC2. The molecule has 5 rings (SSSR count). The minimum Gasteiger partial charge on any atom is -0.350 e. The number of hydrogen-bond donors (Lipinski definition) is 3. The molecule has 0 spiro atoms. The number of amides is 1. The van der Waals surface area contributed by atoms with Crippen LogP contribution in [0, 0.1) is 0 Å². The number of aromatic nitrogens is 2. The van der Waals surface area contributed by atoms with E-state index in [0.29, 0.717) is 29.6 Å². The van der Waals surface area contributed by atoms with Crippen LogP contribution in [0.2, 0.25) is 0 Å². The Hall–Kier alpha value is -3.03. The highest BCUT2D eigenvalue weighted by atomic mass is 32.2. The summed E-state index contributed by atoms with van der Waals surface area (Å²) in [6.07, 6.45) is -2.60. The molecule has 3 aromatic rings. The van der Waals surface area contributed by atoms with Crippen LogP contribution in [-0.2, 0) is 35.4 Å². The topological polar surface area (TPSA) is 113 Å². The molecule has 0 radical (unpaired) electrons. The smallest absolute Gasteiger partial charge is 0.350 e. The maximum atomic E-state index is 13.9. The fourth-order valence-corrected chi connectivity index (χ4v) is 7.14. The van der Waals surface area contributed by atoms with E-state index < -0.39 is 33.2 Å². The van der Waals surface area contributed by atoms with E-state index in [2.05, 4.69) is 32.0 Å². The van der Waals surface area contributed by atoms with Gasteiger partial charge < -0.3 is 16.0 Å². The highest BCUT2D eigenvalue weighted by molar-refractivity contribution is 7.91. The molecule has 2 aromatic heterocycles. The van der Waals surface area contributed by atoms with Crippen molar-refractivity contribution < 1.29 is 26.4 Å². The summed E-state index contributed by atoms with van der Waals surface area (Å²) < 4.78 is 66.8. The van der Waals surface area contributed by atoms with E-state index >= 15 is 0 Å². The first kappa shape index (κ1) is 24.7. The molecule has 2 aliphatic rings. The van der Waals surface area contributed by atoms with Gasteiger partial charge in [-0.05, 0) is 48.2 Å². The summed E-state index contributed by atoms with van der Waals surface area (Å²) in [5.41, 5.74) is 2.38. The minimum atomic E-state index is -4.79. The fraction of sp³-hybridized carbons (Fsp3) is 0.348. The lowest BCUT2D eigenvalue weighted by molar-refractivity contribution is -0.137. The molecule has 1 amide bonds. The number of sulfone groups is 1. The van der Waals surface area contributed by atoms with Crippen molar-refractivity contribution in [2.45, 2.75) is 37.4 Å². The average molecular weight is 538 g/mol. The van der Waals surface area contributed by atoms with E-state index in [4.69, 9.17) is 0 Å². The zero-order valence-electron chi connectivity index (χ0n) is 19.1. The standard InChI is InChI=1S/C23H22F3N5O3S2/c1-2-12-7-14-10-27-4-3-13(14)8-16(12)30-22-29-11-15(23(24,25)26)19(31-22)17-9-18-20(35-17)21(32)28-5-6-36(18,33)34/h7-9,11,27H,2-6,10H2,1H3,(H,28,32)(H,29,30,31). The molecule has 0 atom stereocenters. The van der Waals surface area contributed by atoms with Crippen molar-refractivity contribution in [3.05, 3.63) is 51.5 Å². The van der Waals surface area contributed by atoms with Gasteiger partial charge in [-0.1, -0.05) is 13.0 Å². The van der Waals surface area contributed by atoms with Crippen LogP contribution in [0.5, 0.6) is 0 Å². The lowest BCUT2D eigenvalue weighted by Crippen LogP contribution is -2.24. The molecule has 1 aromatic carbocycles. The Balaban J connectivity index is 1.61. The number of carbonyl (C=O) groups is 1. The van der Waals surface area contributed by atoms with Gasteiger partial charge in [-0.2, -0.15) is 13.2 Å². The van der Waals surface area contributed by atoms with Gasteiger partial charge in [-0.15, -0.1) is 11.3 Å². The number of nitrogens with one attached hydrogen (secondary N) is 3. The Morgan fingerprint density at radius 1 is 1.17 bits per heavy atom. The van der Waals surface area contributed by atoms with Gasteiger partial charge in [-0.3, -0.25) is 4.79 Å². The van der Waals surface area contributed by atoms with Gasteiger partial charge in [0.25, 0.3) is 5.91 Å². The molecule has 4 heterocycles. The van der Waals surface area contributed by atoms with Crippen molar-refractivity contribution in [3.8, 4) is 10.6 Å². The minimum absolute atomic E-state index is 0.0579. The van der Waals surface area contributed by atoms with Crippen LogP contribution in [0.25, 0.3) is 10.6 Å². The molecule has 0 saturated carbocycles. The second-order valence-electron chi connectivity index (χ2n) is 8.52. The van der Waals surface area contributed by atoms with Crippen LogP contribution in [0.3, 0.4) is 0 Å². The summed E-state index contributed by atoms with van der Waals surface area (Å²) >= 11 is 0.667. The predicted octanol–water partition coefficient (Wildman–Crippen LogP) is 3.69. The number of thiophene rings is 1. The van der Waals surface area contributed by atoms with Crippen molar-refractivity contribution in [1.82, 2.24) is 20.6 Å². The third kappa shape index (κ3) is 4.58. The number of aryl methyl sites for hydroxylation is 1. The molecule has 2 aliphatic heterocycles. The first-order valence-electron chi connectivity index (χ1n) is 11.3. The molecule has 0 unspecified atom stereocenters. The van der Waals surface area contributed by atoms with E-state index in [0.717, 1.165) is 36.7 Å². The Morgan fingerprint density at radius 3 is 2.72 bits per heavy atom. The lowest BCUT2D eigenvalue weighted by atomic mass is 9.96. The van der Waals surface area contributed by atoms with Gasteiger partial charge in [0.05, 0.1) is 21.2 Å². The maximum absolute atomic E-state index is 13.9. The van der Waals surface area contributed by atoms with Crippen LogP contribution in [-0.4, -0.2) is 43.1 Å². The van der Waals surface area contributed by atoms with Gasteiger partial charge in [0, 0.05) is 25.0 Å². The van der Waals surface area contributed by atoms with Gasteiger partial charge >= 0.3 is 6.18 Å². The fourth-order valence-electron chi connectivity index (χ4n) is 4.32. The number of alkyl halides is 3. The number of carbonyl (C=O) groups excluding carboxylic acids is 1. The van der Waals surface area contributed by atoms with Gasteiger partial charge in [0.1, 0.15) is 10.4 Å². The maximum Gasteiger partial charge on any atom is 0.420 e. The molecule has 8 nitrogen and oxygen atoms in total. The second kappa shape index (κ2) is 9.12. The largest absolute Gasteiger partial charge is 0.420 e. The van der Waals surface area contributed by atoms with E-state index in [1.54, 1.807) is 0 Å². The quantitative estimate of drug-likeness (QED) is 0.465. The van der Waals surface area contributed by atoms with Gasteiger partial charge in [0.2, 0.25) is 5.95 Å². The van der Waals surface area contributed by atoms with Crippen molar-refractivity contribution in [2.24, 2.45) is 0 Å². The Morgan fingerprint density at radius 2 is 1.97 bits per heavy atom. The molecule has 190 valence electrons. The summed E-state index contributed by atoms with van der Waals surface area (Å²) in [5.74, 6) is -1.03. The van der Waals surface area contributed by atoms with Crippen molar-refractivity contribution in [1.29, 1.82) is 0 Å². The van der Waals surface area contributed by atoms with Crippen molar-refractivity contribution in [2.75, 3.05) is 24.2 Å². The number of nitrogens with zero attached hydrogens (tertiary/aromatic N) is 2. The third-order valence-corrected chi connectivity index (χ3v) is 9.17. The summed E-state index contributed by atoms with van der Waals surface area (Å²) in [6, 6.07) is 5.14. The number of benzene rings is 1. The summed E-state index contributed by atoms with van der Waals surface area (Å²) in [7, 11) is -3.84. The van der Waals surface area contributed by atoms with Crippen LogP contribution >= 0.6 is 11.3 Å². The summed E-state index contributed by atoms with van der Waals surface area (Å²) in [6.45, 7) is 3.50. The molecule has 36 heavy (non-hydrogen) atoms. The Labute approximate surface area is 209 Å². The van der Waals surface area contributed by atoms with Crippen LogP contribution in [0.1, 0.15) is 38.8 Å². The van der Waals surface area contributed by atoms with Crippen LogP contribution < -0.4 is 16.0 Å². The molecular weight excluding hydrogens is 515 g/mol. The summed E-state index contributed by atoms with van der Waals surface area (Å²) in [4.78, 5) is 19.9. The normalized spacial score (nSPS) is 17.1. The van der Waals surface area contributed by atoms with Crippen LogP contribution in [0.4, 0.5) is 24.8 Å². The number of fused-ring (bicyclic) bond motifs is 2. The Bertz CT molecular complexity index is 1470. The number of hydrogen-bond acceptors (Lipinski definition) is 8. The molecule has 3 N–H and O–H groups in total. The highest BCUT2D eigenvalue weighted by Gasteiger charge is 2.37. The third-order valence-electron chi connectivity index (χ3n) is 6.16. The monoisotopic (exact) mass is 537 g/mol. The zero-order valence-corrected chi connectivity index (χ0v) is 20.8. The zero-order chi connectivity index (χ0) is 25.7.